The van der Waals surface area contributed by atoms with Crippen LogP contribution < -0.4 is 10.5 Å². The number of nitrogens with one attached hydrogen (secondary N) is 1. The lowest BCUT2D eigenvalue weighted by Crippen LogP contribution is -2.48. The zero-order valence-corrected chi connectivity index (χ0v) is 20.7. The van der Waals surface area contributed by atoms with E-state index in [1.54, 1.807) is 12.3 Å². The van der Waals surface area contributed by atoms with Gasteiger partial charge in [0.15, 0.2) is 0 Å². The Balaban J connectivity index is 1.51. The van der Waals surface area contributed by atoms with Crippen LogP contribution in [-0.2, 0) is 11.2 Å². The third kappa shape index (κ3) is 6.14. The normalized spacial score (nSPS) is 17.0. The van der Waals surface area contributed by atoms with Crippen LogP contribution in [0.5, 0.6) is 0 Å². The highest BCUT2D eigenvalue weighted by Gasteiger charge is 2.32. The van der Waals surface area contributed by atoms with Gasteiger partial charge in [0.2, 0.25) is 5.91 Å². The van der Waals surface area contributed by atoms with Crippen LogP contribution in [0.25, 0.3) is 11.1 Å². The second-order valence-electron chi connectivity index (χ2n) is 9.81. The molecule has 1 N–H and O–H groups in total. The van der Waals surface area contributed by atoms with E-state index in [-0.39, 0.29) is 17.5 Å². The lowest BCUT2D eigenvalue weighted by Gasteiger charge is -2.39. The van der Waals surface area contributed by atoms with Crippen molar-refractivity contribution in [1.29, 1.82) is 0 Å². The van der Waals surface area contributed by atoms with Gasteiger partial charge in [0.05, 0.1) is 0 Å². The Kier molecular flexibility index (Phi) is 7.83. The maximum atomic E-state index is 13.0. The molecule has 0 aromatic carbocycles. The van der Waals surface area contributed by atoms with E-state index < -0.39 is 0 Å². The van der Waals surface area contributed by atoms with Gasteiger partial charge >= 0.3 is 0 Å². The van der Waals surface area contributed by atoms with Gasteiger partial charge in [0.25, 0.3) is 5.56 Å². The number of H-pyrrole nitrogens is 1. The van der Waals surface area contributed by atoms with Crippen molar-refractivity contribution in [2.45, 2.75) is 45.1 Å². The minimum atomic E-state index is -0.0423. The number of anilines is 1. The standard InChI is InChI=1S/C27H37N5O2/c1-4-23-16-21(9-12-28-23)22-17-25(27(34)29-18-22)32(19-20-7-8-20)24-10-14-31(15-11-24)26(33)6-5-13-30(2)3/h5-6,9,12,16-18,20,24H,4,7-8,10-11,13-15,19H2,1-3H3,(H,29,34)/b6-5+. The molecule has 7 nitrogen and oxygen atoms in total. The van der Waals surface area contributed by atoms with E-state index in [4.69, 9.17) is 0 Å². The molecule has 0 spiro atoms. The van der Waals surface area contributed by atoms with Crippen molar-refractivity contribution in [2.75, 3.05) is 45.2 Å². The quantitative estimate of drug-likeness (QED) is 0.578. The molecule has 1 amide bonds. The topological polar surface area (TPSA) is 72.5 Å². The van der Waals surface area contributed by atoms with Gasteiger partial charge in [0.1, 0.15) is 5.69 Å². The third-order valence-electron chi connectivity index (χ3n) is 6.80. The molecule has 2 aromatic rings. The predicted molar refractivity (Wildman–Crippen MR) is 137 cm³/mol. The van der Waals surface area contributed by atoms with Crippen molar-refractivity contribution >= 4 is 11.6 Å². The fourth-order valence-electron chi connectivity index (χ4n) is 4.59. The molecule has 0 bridgehead atoms. The van der Waals surface area contributed by atoms with Crippen molar-refractivity contribution in [1.82, 2.24) is 19.8 Å². The smallest absolute Gasteiger partial charge is 0.271 e. The number of rotatable bonds is 9. The van der Waals surface area contributed by atoms with Gasteiger partial charge in [-0.1, -0.05) is 13.0 Å². The first-order chi connectivity index (χ1) is 16.4. The number of likely N-dealkylation sites (N-methyl/N-ethyl adjacent to an activating group) is 1. The first-order valence-corrected chi connectivity index (χ1v) is 12.5. The Labute approximate surface area is 202 Å². The van der Waals surface area contributed by atoms with E-state index in [1.807, 2.05) is 48.3 Å². The van der Waals surface area contributed by atoms with Gasteiger partial charge in [-0.3, -0.25) is 14.6 Å². The maximum absolute atomic E-state index is 13.0. The first-order valence-electron chi connectivity index (χ1n) is 12.5. The minimum absolute atomic E-state index is 0.0423. The molecule has 3 heterocycles. The van der Waals surface area contributed by atoms with Gasteiger partial charge < -0.3 is 19.7 Å². The monoisotopic (exact) mass is 463 g/mol. The number of carbonyl (C=O) groups excluding carboxylic acids is 1. The van der Waals surface area contributed by atoms with Crippen molar-refractivity contribution in [3.8, 4) is 11.1 Å². The number of piperidine rings is 1. The Morgan fingerprint density at radius 3 is 2.62 bits per heavy atom. The van der Waals surface area contributed by atoms with E-state index >= 15 is 0 Å². The largest absolute Gasteiger partial charge is 0.364 e. The number of hydrogen-bond acceptors (Lipinski definition) is 5. The number of carbonyl (C=O) groups is 1. The van der Waals surface area contributed by atoms with Gasteiger partial charge in [-0.15, -0.1) is 0 Å². The van der Waals surface area contributed by atoms with Crippen molar-refractivity contribution in [3.05, 3.63) is 58.8 Å². The van der Waals surface area contributed by atoms with Crippen LogP contribution in [-0.4, -0.2) is 72.0 Å². The first kappa shape index (κ1) is 24.2. The molecule has 1 saturated carbocycles. The summed E-state index contributed by atoms with van der Waals surface area (Å²) in [5.74, 6) is 0.739. The summed E-state index contributed by atoms with van der Waals surface area (Å²) in [6.45, 7) is 5.20. The number of aryl methyl sites for hydroxylation is 1. The molecule has 2 aliphatic rings. The van der Waals surface area contributed by atoms with Crippen LogP contribution in [0.2, 0.25) is 0 Å². The summed E-state index contributed by atoms with van der Waals surface area (Å²) in [6, 6.07) is 6.39. The zero-order chi connectivity index (χ0) is 24.1. The molecule has 1 aliphatic heterocycles. The molecule has 1 saturated heterocycles. The number of nitrogens with zero attached hydrogens (tertiary/aromatic N) is 4. The average molecular weight is 464 g/mol. The fourth-order valence-corrected chi connectivity index (χ4v) is 4.59. The van der Waals surface area contributed by atoms with Crippen molar-refractivity contribution in [3.63, 3.8) is 0 Å². The van der Waals surface area contributed by atoms with Crippen LogP contribution in [0.4, 0.5) is 5.69 Å². The number of aromatic nitrogens is 2. The van der Waals surface area contributed by atoms with E-state index in [0.29, 0.717) is 5.92 Å². The Bertz CT molecular complexity index is 1060. The van der Waals surface area contributed by atoms with E-state index in [2.05, 4.69) is 27.9 Å². The van der Waals surface area contributed by atoms with Gasteiger partial charge in [-0.05, 0) is 75.9 Å². The lowest BCUT2D eigenvalue weighted by atomic mass is 10.0. The van der Waals surface area contributed by atoms with Crippen LogP contribution in [0.1, 0.15) is 38.3 Å². The second-order valence-corrected chi connectivity index (χ2v) is 9.81. The highest BCUT2D eigenvalue weighted by Crippen LogP contribution is 2.34. The summed E-state index contributed by atoms with van der Waals surface area (Å²) >= 11 is 0. The number of hydrogen-bond donors (Lipinski definition) is 1. The van der Waals surface area contributed by atoms with Crippen molar-refractivity contribution < 1.29 is 4.79 Å². The molecular weight excluding hydrogens is 426 g/mol. The molecule has 34 heavy (non-hydrogen) atoms. The number of likely N-dealkylation sites (tertiary alicyclic amines) is 1. The zero-order valence-electron chi connectivity index (χ0n) is 20.7. The van der Waals surface area contributed by atoms with Gasteiger partial charge in [-0.25, -0.2) is 0 Å². The summed E-state index contributed by atoms with van der Waals surface area (Å²) in [5.41, 5.74) is 3.82. The summed E-state index contributed by atoms with van der Waals surface area (Å²) in [6.07, 6.45) is 12.3. The highest BCUT2D eigenvalue weighted by molar-refractivity contribution is 5.87. The SMILES string of the molecule is CCc1cc(-c2c[nH]c(=O)c(N(CC3CC3)C3CCN(C(=O)/C=C/CN(C)C)CC3)c2)ccn1. The van der Waals surface area contributed by atoms with E-state index in [9.17, 15) is 9.59 Å². The molecule has 0 atom stereocenters. The van der Waals surface area contributed by atoms with Crippen LogP contribution in [0, 0.1) is 5.92 Å². The molecule has 0 radical (unpaired) electrons. The third-order valence-corrected chi connectivity index (χ3v) is 6.80. The molecule has 182 valence electrons. The molecule has 2 aromatic heterocycles. The van der Waals surface area contributed by atoms with E-state index in [1.165, 1.54) is 12.8 Å². The average Bonchev–Trinajstić information content (AvgIpc) is 3.67. The van der Waals surface area contributed by atoms with Gasteiger partial charge in [0, 0.05) is 61.9 Å². The summed E-state index contributed by atoms with van der Waals surface area (Å²) in [7, 11) is 3.98. The van der Waals surface area contributed by atoms with E-state index in [0.717, 1.165) is 67.9 Å². The molecule has 1 aliphatic carbocycles. The molecule has 0 unspecified atom stereocenters. The van der Waals surface area contributed by atoms with Gasteiger partial charge in [-0.2, -0.15) is 0 Å². The number of aromatic amines is 1. The highest BCUT2D eigenvalue weighted by atomic mass is 16.2. The Morgan fingerprint density at radius 2 is 1.94 bits per heavy atom. The second kappa shape index (κ2) is 11.0. The van der Waals surface area contributed by atoms with Crippen molar-refractivity contribution in [2.24, 2.45) is 5.92 Å². The number of amides is 1. The van der Waals surface area contributed by atoms with Crippen LogP contribution >= 0.6 is 0 Å². The summed E-state index contributed by atoms with van der Waals surface area (Å²) in [5, 5.41) is 0. The lowest BCUT2D eigenvalue weighted by molar-refractivity contribution is -0.127. The van der Waals surface area contributed by atoms with Crippen LogP contribution in [0.15, 0.2) is 47.5 Å². The molecule has 2 fully saturated rings. The maximum Gasteiger partial charge on any atom is 0.271 e. The Hall–Kier alpha value is -2.93. The predicted octanol–water partition coefficient (Wildman–Crippen LogP) is 3.32. The molecular formula is C27H37N5O2. The fraction of sp³-hybridized carbons (Fsp3) is 0.519. The number of pyridine rings is 2. The minimum Gasteiger partial charge on any atom is -0.364 e. The van der Waals surface area contributed by atoms with Crippen LogP contribution in [0.3, 0.4) is 0 Å². The molecule has 7 heteroatoms. The molecule has 4 rings (SSSR count). The summed E-state index contributed by atoms with van der Waals surface area (Å²) < 4.78 is 0. The summed E-state index contributed by atoms with van der Waals surface area (Å²) in [4.78, 5) is 39.2. The Morgan fingerprint density at radius 1 is 1.18 bits per heavy atom.